The zero-order valence-electron chi connectivity index (χ0n) is 20.6. The number of hydrazone groups is 1. The Kier molecular flexibility index (Phi) is 6.51. The van der Waals surface area contributed by atoms with Crippen molar-refractivity contribution in [2.75, 3.05) is 17.7 Å². The van der Waals surface area contributed by atoms with Crippen molar-refractivity contribution in [3.05, 3.63) is 95.3 Å². The van der Waals surface area contributed by atoms with Crippen molar-refractivity contribution in [2.45, 2.75) is 17.5 Å². The molecule has 5 rings (SSSR count). The first-order valence-electron chi connectivity index (χ1n) is 11.7. The number of aromatic nitrogens is 2. The molecule has 0 bridgehead atoms. The zero-order valence-corrected chi connectivity index (χ0v) is 21.4. The monoisotopic (exact) mass is 553 g/mol. The number of anilines is 1. The fraction of sp³-hybridized carbons (Fsp3) is 0.148. The molecule has 39 heavy (non-hydrogen) atoms. The summed E-state index contributed by atoms with van der Waals surface area (Å²) in [5.41, 5.74) is 1.79. The maximum atomic E-state index is 13.7. The van der Waals surface area contributed by atoms with E-state index in [0.29, 0.717) is 28.8 Å². The maximum Gasteiger partial charge on any atom is 0.435 e. The van der Waals surface area contributed by atoms with Gasteiger partial charge in [-0.05, 0) is 53.4 Å². The molecular weight excluding hydrogens is 531 g/mol. The van der Waals surface area contributed by atoms with E-state index in [0.717, 1.165) is 22.6 Å². The standard InChI is InChI=1S/C27H22F3N5O3S/c1-39(37,38)24-8-3-2-7-21(24)18-9-10-22-19(14-18)11-12-34(22)26(36)23-15-25(27(28,29)30)33-35(23)20-6-4-5-17(13-20)16-32-31/h2-10,13-16H,11-12,31H2,1H3. The molecule has 8 nitrogen and oxygen atoms in total. The number of benzene rings is 3. The van der Waals surface area contributed by atoms with Gasteiger partial charge in [-0.2, -0.15) is 23.4 Å². The predicted octanol–water partition coefficient (Wildman–Crippen LogP) is 4.46. The molecule has 1 amide bonds. The molecule has 2 N–H and O–H groups in total. The molecule has 0 radical (unpaired) electrons. The number of rotatable bonds is 5. The Bertz CT molecular complexity index is 1730. The highest BCUT2D eigenvalue weighted by molar-refractivity contribution is 7.90. The second-order valence-corrected chi connectivity index (χ2v) is 11.0. The largest absolute Gasteiger partial charge is 0.435 e. The first-order chi connectivity index (χ1) is 18.5. The average Bonchev–Trinajstić information content (AvgIpc) is 3.53. The Morgan fingerprint density at radius 1 is 1.05 bits per heavy atom. The van der Waals surface area contributed by atoms with Crippen LogP contribution in [0.2, 0.25) is 0 Å². The molecule has 2 heterocycles. The molecule has 0 spiro atoms. The number of halogens is 3. The minimum Gasteiger partial charge on any atom is -0.323 e. The van der Waals surface area contributed by atoms with E-state index < -0.39 is 27.6 Å². The molecule has 0 fully saturated rings. The molecule has 0 unspecified atom stereocenters. The fourth-order valence-electron chi connectivity index (χ4n) is 4.64. The summed E-state index contributed by atoms with van der Waals surface area (Å²) in [7, 11) is -3.48. The van der Waals surface area contributed by atoms with Gasteiger partial charge in [-0.3, -0.25) is 4.79 Å². The van der Waals surface area contributed by atoms with Crippen molar-refractivity contribution in [3.8, 4) is 16.8 Å². The molecule has 0 saturated carbocycles. The minimum atomic E-state index is -4.76. The molecule has 200 valence electrons. The third kappa shape index (κ3) is 5.02. The van der Waals surface area contributed by atoms with E-state index in [-0.39, 0.29) is 22.8 Å². The van der Waals surface area contributed by atoms with Gasteiger partial charge in [-0.1, -0.05) is 36.4 Å². The van der Waals surface area contributed by atoms with Gasteiger partial charge in [-0.25, -0.2) is 13.1 Å². The minimum absolute atomic E-state index is 0.182. The quantitative estimate of drug-likeness (QED) is 0.223. The molecule has 1 aliphatic heterocycles. The Balaban J connectivity index is 1.55. The lowest BCUT2D eigenvalue weighted by Gasteiger charge is -2.18. The number of fused-ring (bicyclic) bond motifs is 1. The smallest absolute Gasteiger partial charge is 0.323 e. The summed E-state index contributed by atoms with van der Waals surface area (Å²) in [6.45, 7) is 0.234. The Morgan fingerprint density at radius 2 is 1.82 bits per heavy atom. The number of nitrogens with two attached hydrogens (primary N) is 1. The van der Waals surface area contributed by atoms with Crippen molar-refractivity contribution in [1.29, 1.82) is 0 Å². The van der Waals surface area contributed by atoms with Gasteiger partial charge < -0.3 is 10.7 Å². The summed E-state index contributed by atoms with van der Waals surface area (Å²) >= 11 is 0. The summed E-state index contributed by atoms with van der Waals surface area (Å²) in [5, 5.41) is 7.13. The molecule has 0 atom stereocenters. The van der Waals surface area contributed by atoms with E-state index in [4.69, 9.17) is 5.84 Å². The normalized spacial score (nSPS) is 13.7. The first-order valence-corrected chi connectivity index (χ1v) is 13.6. The summed E-state index contributed by atoms with van der Waals surface area (Å²) in [6, 6.07) is 18.8. The molecule has 4 aromatic rings. The SMILES string of the molecule is CS(=O)(=O)c1ccccc1-c1ccc2c(c1)CCN2C(=O)c1cc(C(F)(F)F)nn1-c1cccc(C=NN)c1. The predicted molar refractivity (Wildman–Crippen MR) is 141 cm³/mol. The van der Waals surface area contributed by atoms with Crippen molar-refractivity contribution >= 4 is 27.6 Å². The lowest BCUT2D eigenvalue weighted by molar-refractivity contribution is -0.141. The number of nitrogens with zero attached hydrogens (tertiary/aromatic N) is 4. The lowest BCUT2D eigenvalue weighted by atomic mass is 10.0. The number of carbonyl (C=O) groups is 1. The highest BCUT2D eigenvalue weighted by Gasteiger charge is 2.38. The molecule has 1 aromatic heterocycles. The fourth-order valence-corrected chi connectivity index (χ4v) is 5.55. The number of amides is 1. The van der Waals surface area contributed by atoms with Crippen molar-refractivity contribution in [3.63, 3.8) is 0 Å². The van der Waals surface area contributed by atoms with E-state index in [1.807, 2.05) is 0 Å². The van der Waals surface area contributed by atoms with Crippen LogP contribution in [-0.4, -0.2) is 43.1 Å². The van der Waals surface area contributed by atoms with Gasteiger partial charge in [0.2, 0.25) is 0 Å². The summed E-state index contributed by atoms with van der Waals surface area (Å²) in [6.07, 6.45) is -1.86. The molecule has 0 saturated heterocycles. The topological polar surface area (TPSA) is 111 Å². The summed E-state index contributed by atoms with van der Waals surface area (Å²) in [4.78, 5) is 15.3. The van der Waals surface area contributed by atoms with Crippen molar-refractivity contribution in [1.82, 2.24) is 9.78 Å². The Labute approximate surface area is 222 Å². The molecule has 12 heteroatoms. The van der Waals surface area contributed by atoms with Gasteiger partial charge in [0.15, 0.2) is 15.5 Å². The highest BCUT2D eigenvalue weighted by atomic mass is 32.2. The van der Waals surface area contributed by atoms with E-state index in [2.05, 4.69) is 10.2 Å². The Hall–Kier alpha value is -4.45. The van der Waals surface area contributed by atoms with Gasteiger partial charge in [0.1, 0.15) is 5.69 Å². The van der Waals surface area contributed by atoms with Crippen LogP contribution >= 0.6 is 0 Å². The zero-order chi connectivity index (χ0) is 27.9. The Morgan fingerprint density at radius 3 is 2.54 bits per heavy atom. The van der Waals surface area contributed by atoms with Gasteiger partial charge in [0, 0.05) is 30.1 Å². The van der Waals surface area contributed by atoms with Crippen molar-refractivity contribution < 1.29 is 26.4 Å². The highest BCUT2D eigenvalue weighted by Crippen LogP contribution is 2.36. The molecular formula is C27H22F3N5O3S. The number of hydrogen-bond donors (Lipinski definition) is 1. The van der Waals surface area contributed by atoms with E-state index in [1.165, 1.54) is 29.3 Å². The van der Waals surface area contributed by atoms with Crippen LogP contribution in [0.1, 0.15) is 27.3 Å². The van der Waals surface area contributed by atoms with E-state index >= 15 is 0 Å². The van der Waals surface area contributed by atoms with Crippen LogP contribution in [0.4, 0.5) is 18.9 Å². The van der Waals surface area contributed by atoms with Crippen LogP contribution < -0.4 is 10.7 Å². The molecule has 3 aromatic carbocycles. The van der Waals surface area contributed by atoms with Crippen LogP contribution in [0.25, 0.3) is 16.8 Å². The van der Waals surface area contributed by atoms with Gasteiger partial charge in [-0.15, -0.1) is 0 Å². The van der Waals surface area contributed by atoms with Gasteiger partial charge >= 0.3 is 6.18 Å². The number of hydrogen-bond acceptors (Lipinski definition) is 6. The average molecular weight is 554 g/mol. The third-order valence-electron chi connectivity index (χ3n) is 6.38. The third-order valence-corrected chi connectivity index (χ3v) is 7.53. The second kappa shape index (κ2) is 9.70. The van der Waals surface area contributed by atoms with Crippen LogP contribution in [0.15, 0.2) is 82.8 Å². The van der Waals surface area contributed by atoms with Crippen LogP contribution in [0.5, 0.6) is 0 Å². The first kappa shape index (κ1) is 26.2. The lowest BCUT2D eigenvalue weighted by Crippen LogP contribution is -2.30. The van der Waals surface area contributed by atoms with Crippen molar-refractivity contribution in [2.24, 2.45) is 10.9 Å². The number of alkyl halides is 3. The number of sulfone groups is 1. The summed E-state index contributed by atoms with van der Waals surface area (Å²) in [5.74, 6) is 4.55. The molecule has 0 aliphatic carbocycles. The van der Waals surface area contributed by atoms with E-state index in [9.17, 15) is 26.4 Å². The van der Waals surface area contributed by atoms with Crippen LogP contribution in [0.3, 0.4) is 0 Å². The maximum absolute atomic E-state index is 13.7. The second-order valence-electron chi connectivity index (χ2n) is 9.02. The van der Waals surface area contributed by atoms with E-state index in [1.54, 1.807) is 48.5 Å². The van der Waals surface area contributed by atoms with Crippen LogP contribution in [-0.2, 0) is 22.4 Å². The van der Waals surface area contributed by atoms with Crippen LogP contribution in [0, 0.1) is 0 Å². The number of carbonyl (C=O) groups excluding carboxylic acids is 1. The molecule has 1 aliphatic rings. The van der Waals surface area contributed by atoms with Gasteiger partial charge in [0.05, 0.1) is 16.8 Å². The van der Waals surface area contributed by atoms with Gasteiger partial charge in [0.25, 0.3) is 5.91 Å². The summed E-state index contributed by atoms with van der Waals surface area (Å²) < 4.78 is 66.4.